The highest BCUT2D eigenvalue weighted by Crippen LogP contribution is 2.37. The zero-order chi connectivity index (χ0) is 20.3. The quantitative estimate of drug-likeness (QED) is 0.728. The van der Waals surface area contributed by atoms with Crippen LogP contribution in [0.3, 0.4) is 0 Å². The van der Waals surface area contributed by atoms with Crippen molar-refractivity contribution in [2.24, 2.45) is 0 Å². The molecule has 7 heteroatoms. The van der Waals surface area contributed by atoms with Crippen LogP contribution in [-0.2, 0) is 10.0 Å². The third-order valence-electron chi connectivity index (χ3n) is 4.93. The first-order valence-corrected chi connectivity index (χ1v) is 11.9. The zero-order valence-corrected chi connectivity index (χ0v) is 18.1. The second-order valence-corrected chi connectivity index (χ2v) is 10.2. The van der Waals surface area contributed by atoms with Gasteiger partial charge in [-0.25, -0.2) is 8.42 Å². The molecule has 2 aromatic carbocycles. The predicted octanol–water partition coefficient (Wildman–Crippen LogP) is 4.25. The number of fused-ring (bicyclic) bond motifs is 1. The van der Waals surface area contributed by atoms with Crippen LogP contribution in [0.4, 0.5) is 5.69 Å². The lowest BCUT2D eigenvalue weighted by atomic mass is 10.1. The number of nitrogens with zero attached hydrogens (tertiary/aromatic N) is 2. The fraction of sp³-hybridized carbons (Fsp3) is 0.381. The van der Waals surface area contributed by atoms with Crippen molar-refractivity contribution < 1.29 is 13.2 Å². The summed E-state index contributed by atoms with van der Waals surface area (Å²) >= 11 is 1.78. The van der Waals surface area contributed by atoms with Gasteiger partial charge in [-0.1, -0.05) is 32.9 Å². The summed E-state index contributed by atoms with van der Waals surface area (Å²) in [6, 6.07) is 14.2. The van der Waals surface area contributed by atoms with Crippen molar-refractivity contribution in [3.63, 3.8) is 0 Å². The number of carbonyl (C=O) groups excluding carboxylic acids is 1. The molecule has 2 aromatic rings. The Hall–Kier alpha value is -1.83. The SMILES string of the molecule is CCN(CC)S(=O)(=O)c1ccc(C(=O)N2CCC(C)Sc3ccccc32)cc1. The van der Waals surface area contributed by atoms with Gasteiger partial charge in [0.15, 0.2) is 0 Å². The van der Waals surface area contributed by atoms with Gasteiger partial charge in [0.2, 0.25) is 10.0 Å². The zero-order valence-electron chi connectivity index (χ0n) is 16.5. The number of hydrogen-bond acceptors (Lipinski definition) is 4. The van der Waals surface area contributed by atoms with Crippen molar-refractivity contribution in [3.8, 4) is 0 Å². The molecule has 0 N–H and O–H groups in total. The summed E-state index contributed by atoms with van der Waals surface area (Å²) in [6.07, 6.45) is 0.902. The van der Waals surface area contributed by atoms with Crippen molar-refractivity contribution >= 4 is 33.4 Å². The third kappa shape index (κ3) is 4.11. The summed E-state index contributed by atoms with van der Waals surface area (Å²) < 4.78 is 26.7. The maximum atomic E-state index is 13.2. The molecule has 0 aromatic heterocycles. The molecule has 1 amide bonds. The van der Waals surface area contributed by atoms with E-state index in [1.54, 1.807) is 28.8 Å². The van der Waals surface area contributed by atoms with Gasteiger partial charge in [-0.3, -0.25) is 4.79 Å². The van der Waals surface area contributed by atoms with Crippen LogP contribution in [0.5, 0.6) is 0 Å². The highest BCUT2D eigenvalue weighted by molar-refractivity contribution is 8.00. The van der Waals surface area contributed by atoms with E-state index in [4.69, 9.17) is 0 Å². The lowest BCUT2D eigenvalue weighted by Crippen LogP contribution is -2.32. The van der Waals surface area contributed by atoms with Gasteiger partial charge < -0.3 is 4.90 Å². The van der Waals surface area contributed by atoms with Crippen LogP contribution in [0.2, 0.25) is 0 Å². The summed E-state index contributed by atoms with van der Waals surface area (Å²) in [5.41, 5.74) is 1.41. The lowest BCUT2D eigenvalue weighted by molar-refractivity contribution is 0.0986. The second kappa shape index (κ2) is 8.68. The average Bonchev–Trinajstić information content (AvgIpc) is 2.86. The number of amides is 1. The van der Waals surface area contributed by atoms with E-state index < -0.39 is 10.0 Å². The topological polar surface area (TPSA) is 57.7 Å². The van der Waals surface area contributed by atoms with Gasteiger partial charge >= 0.3 is 0 Å². The van der Waals surface area contributed by atoms with Crippen molar-refractivity contribution in [1.29, 1.82) is 0 Å². The first kappa shape index (κ1) is 20.9. The van der Waals surface area contributed by atoms with Crippen LogP contribution in [0.25, 0.3) is 0 Å². The maximum absolute atomic E-state index is 13.2. The first-order chi connectivity index (χ1) is 13.4. The summed E-state index contributed by atoms with van der Waals surface area (Å²) in [5.74, 6) is -0.103. The van der Waals surface area contributed by atoms with Gasteiger partial charge in [-0.05, 0) is 42.8 Å². The fourth-order valence-electron chi connectivity index (χ4n) is 3.34. The molecule has 1 unspecified atom stereocenters. The van der Waals surface area contributed by atoms with E-state index in [2.05, 4.69) is 6.92 Å². The van der Waals surface area contributed by atoms with Crippen molar-refractivity contribution in [2.75, 3.05) is 24.5 Å². The van der Waals surface area contributed by atoms with E-state index in [0.29, 0.717) is 30.4 Å². The number of para-hydroxylation sites is 1. The molecule has 0 saturated carbocycles. The van der Waals surface area contributed by atoms with Crippen molar-refractivity contribution in [3.05, 3.63) is 54.1 Å². The van der Waals surface area contributed by atoms with Crippen molar-refractivity contribution in [1.82, 2.24) is 4.31 Å². The summed E-state index contributed by atoms with van der Waals surface area (Å²) in [6.45, 7) is 7.27. The smallest absolute Gasteiger partial charge is 0.258 e. The number of rotatable bonds is 5. The molecular formula is C21H26N2O3S2. The predicted molar refractivity (Wildman–Crippen MR) is 115 cm³/mol. The van der Waals surface area contributed by atoms with Gasteiger partial charge in [0.05, 0.1) is 10.6 Å². The molecule has 28 heavy (non-hydrogen) atoms. The molecule has 0 fully saturated rings. The Balaban J connectivity index is 1.90. The summed E-state index contributed by atoms with van der Waals surface area (Å²) in [4.78, 5) is 16.3. The molecule has 0 saturated heterocycles. The number of sulfonamides is 1. The third-order valence-corrected chi connectivity index (χ3v) is 8.23. The van der Waals surface area contributed by atoms with E-state index in [-0.39, 0.29) is 10.8 Å². The molecule has 5 nitrogen and oxygen atoms in total. The fourth-order valence-corrected chi connectivity index (χ4v) is 5.91. The molecule has 3 rings (SSSR count). The summed E-state index contributed by atoms with van der Waals surface area (Å²) in [5, 5.41) is 0.431. The highest BCUT2D eigenvalue weighted by atomic mass is 32.2. The monoisotopic (exact) mass is 418 g/mol. The van der Waals surface area contributed by atoms with Crippen LogP contribution >= 0.6 is 11.8 Å². The normalized spacial score (nSPS) is 17.3. The summed E-state index contributed by atoms with van der Waals surface area (Å²) in [7, 11) is -3.53. The average molecular weight is 419 g/mol. The molecule has 0 aliphatic carbocycles. The number of hydrogen-bond donors (Lipinski definition) is 0. The van der Waals surface area contributed by atoms with E-state index in [1.165, 1.54) is 16.4 Å². The molecule has 1 atom stereocenters. The Labute approximate surface area is 171 Å². The number of anilines is 1. The maximum Gasteiger partial charge on any atom is 0.258 e. The molecule has 0 spiro atoms. The number of carbonyl (C=O) groups is 1. The molecule has 1 heterocycles. The van der Waals surface area contributed by atoms with E-state index in [0.717, 1.165) is 17.0 Å². The van der Waals surface area contributed by atoms with Gasteiger partial charge in [-0.15, -0.1) is 11.8 Å². The molecule has 1 aliphatic rings. The van der Waals surface area contributed by atoms with E-state index in [9.17, 15) is 13.2 Å². The van der Waals surface area contributed by atoms with Gasteiger partial charge in [-0.2, -0.15) is 4.31 Å². The number of benzene rings is 2. The molecule has 0 bridgehead atoms. The van der Waals surface area contributed by atoms with Gasteiger partial charge in [0.25, 0.3) is 5.91 Å². The molecule has 1 aliphatic heterocycles. The van der Waals surface area contributed by atoms with Gasteiger partial charge in [0, 0.05) is 35.3 Å². The van der Waals surface area contributed by atoms with Crippen LogP contribution in [0.1, 0.15) is 37.6 Å². The molecule has 150 valence electrons. The molecular weight excluding hydrogens is 392 g/mol. The van der Waals surface area contributed by atoms with Crippen LogP contribution in [0, 0.1) is 0 Å². The Morgan fingerprint density at radius 3 is 2.39 bits per heavy atom. The van der Waals surface area contributed by atoms with Crippen LogP contribution in [0.15, 0.2) is 58.3 Å². The van der Waals surface area contributed by atoms with Crippen LogP contribution in [-0.4, -0.2) is 43.5 Å². The Morgan fingerprint density at radius 2 is 1.75 bits per heavy atom. The highest BCUT2D eigenvalue weighted by Gasteiger charge is 2.26. The lowest BCUT2D eigenvalue weighted by Gasteiger charge is -2.23. The minimum Gasteiger partial charge on any atom is -0.307 e. The minimum atomic E-state index is -3.53. The largest absolute Gasteiger partial charge is 0.307 e. The van der Waals surface area contributed by atoms with Crippen LogP contribution < -0.4 is 4.90 Å². The Kier molecular flexibility index (Phi) is 6.47. The standard InChI is InChI=1S/C21H26N2O3S2/c1-4-22(5-2)28(25,26)18-12-10-17(11-13-18)21(24)23-15-14-16(3)27-20-9-7-6-8-19(20)23/h6-13,16H,4-5,14-15H2,1-3H3. The first-order valence-electron chi connectivity index (χ1n) is 9.56. The van der Waals surface area contributed by atoms with E-state index in [1.807, 2.05) is 38.1 Å². The minimum absolute atomic E-state index is 0.103. The molecule has 0 radical (unpaired) electrons. The Bertz CT molecular complexity index is 938. The van der Waals surface area contributed by atoms with E-state index >= 15 is 0 Å². The van der Waals surface area contributed by atoms with Crippen molar-refractivity contribution in [2.45, 2.75) is 42.2 Å². The second-order valence-electron chi connectivity index (χ2n) is 6.76. The Morgan fingerprint density at radius 1 is 1.11 bits per heavy atom. The number of thioether (sulfide) groups is 1. The van der Waals surface area contributed by atoms with Gasteiger partial charge in [0.1, 0.15) is 0 Å².